The molecule has 3 nitrogen and oxygen atoms in total. The monoisotopic (exact) mass is 257 g/mol. The fraction of sp³-hybridized carbons (Fsp3) is 0.538. The number of hydrogen-bond donors (Lipinski definition) is 1. The van der Waals surface area contributed by atoms with Gasteiger partial charge in [-0.1, -0.05) is 17.7 Å². The van der Waals surface area contributed by atoms with E-state index in [1.165, 1.54) is 0 Å². The van der Waals surface area contributed by atoms with Gasteiger partial charge in [-0.2, -0.15) is 0 Å². The molecule has 0 saturated heterocycles. The summed E-state index contributed by atoms with van der Waals surface area (Å²) in [5.41, 5.74) is 1.23. The van der Waals surface area contributed by atoms with Gasteiger partial charge in [-0.3, -0.25) is 0 Å². The minimum Gasteiger partial charge on any atom is -0.466 e. The molecule has 0 aliphatic rings. The summed E-state index contributed by atoms with van der Waals surface area (Å²) in [7, 11) is 1.58. The molecule has 1 aromatic carbocycles. The van der Waals surface area contributed by atoms with Gasteiger partial charge in [-0.15, -0.1) is 0 Å². The quantitative estimate of drug-likeness (QED) is 0.822. The van der Waals surface area contributed by atoms with Crippen LogP contribution < -0.4 is 10.1 Å². The molecule has 0 aliphatic carbocycles. The van der Waals surface area contributed by atoms with Gasteiger partial charge in [0.05, 0.1) is 5.02 Å². The molecule has 1 rings (SSSR count). The Labute approximate surface area is 108 Å². The highest BCUT2D eigenvalue weighted by molar-refractivity contribution is 6.32. The Hall–Kier alpha value is -0.770. The van der Waals surface area contributed by atoms with Gasteiger partial charge in [0, 0.05) is 19.2 Å². The van der Waals surface area contributed by atoms with Gasteiger partial charge in [0.15, 0.2) is 6.79 Å². The minimum atomic E-state index is 0.0949. The molecule has 4 heteroatoms. The van der Waals surface area contributed by atoms with Crippen molar-refractivity contribution < 1.29 is 9.47 Å². The molecule has 0 radical (unpaired) electrons. The van der Waals surface area contributed by atoms with E-state index >= 15 is 0 Å². The molecule has 0 spiro atoms. The van der Waals surface area contributed by atoms with E-state index in [0.717, 1.165) is 12.1 Å². The molecule has 17 heavy (non-hydrogen) atoms. The maximum absolute atomic E-state index is 6.11. The topological polar surface area (TPSA) is 30.5 Å². The van der Waals surface area contributed by atoms with Gasteiger partial charge in [-0.25, -0.2) is 0 Å². The van der Waals surface area contributed by atoms with Crippen LogP contribution in [0.1, 0.15) is 26.3 Å². The highest BCUT2D eigenvalue weighted by Gasteiger charge is 2.09. The average molecular weight is 258 g/mol. The predicted molar refractivity (Wildman–Crippen MR) is 70.5 cm³/mol. The van der Waals surface area contributed by atoms with Crippen molar-refractivity contribution in [3.63, 3.8) is 0 Å². The number of nitrogens with one attached hydrogen (secondary N) is 1. The second-order valence-electron chi connectivity index (χ2n) is 4.92. The molecule has 1 aromatic rings. The highest BCUT2D eigenvalue weighted by atomic mass is 35.5. The van der Waals surface area contributed by atoms with Crippen molar-refractivity contribution in [3.8, 4) is 5.75 Å². The van der Waals surface area contributed by atoms with Crippen LogP contribution in [0.5, 0.6) is 5.75 Å². The van der Waals surface area contributed by atoms with Crippen LogP contribution >= 0.6 is 11.6 Å². The van der Waals surface area contributed by atoms with Gasteiger partial charge in [0.25, 0.3) is 0 Å². The molecule has 0 aliphatic heterocycles. The molecule has 0 heterocycles. The Kier molecular flexibility index (Phi) is 5.25. The zero-order valence-corrected chi connectivity index (χ0v) is 11.6. The summed E-state index contributed by atoms with van der Waals surface area (Å²) >= 11 is 6.11. The van der Waals surface area contributed by atoms with E-state index in [0.29, 0.717) is 10.8 Å². The second kappa shape index (κ2) is 6.24. The van der Waals surface area contributed by atoms with Crippen LogP contribution in [-0.4, -0.2) is 19.4 Å². The Morgan fingerprint density at radius 2 is 2.00 bits per heavy atom. The summed E-state index contributed by atoms with van der Waals surface area (Å²) in [5.74, 6) is 0.646. The van der Waals surface area contributed by atoms with E-state index < -0.39 is 0 Å². The molecule has 0 saturated carbocycles. The number of ether oxygens (including phenoxy) is 2. The largest absolute Gasteiger partial charge is 0.466 e. The summed E-state index contributed by atoms with van der Waals surface area (Å²) in [4.78, 5) is 0. The summed E-state index contributed by atoms with van der Waals surface area (Å²) in [6, 6.07) is 5.77. The van der Waals surface area contributed by atoms with E-state index in [1.54, 1.807) is 7.11 Å². The van der Waals surface area contributed by atoms with Crippen LogP contribution in [0.15, 0.2) is 18.2 Å². The fourth-order valence-electron chi connectivity index (χ4n) is 1.26. The summed E-state index contributed by atoms with van der Waals surface area (Å²) in [6.07, 6.45) is 0. The summed E-state index contributed by atoms with van der Waals surface area (Å²) in [5, 5.41) is 4.01. The molecule has 96 valence electrons. The SMILES string of the molecule is COCOc1ccc(CNC(C)(C)C)cc1Cl. The van der Waals surface area contributed by atoms with Gasteiger partial charge < -0.3 is 14.8 Å². The van der Waals surface area contributed by atoms with Crippen LogP contribution in [0.2, 0.25) is 5.02 Å². The van der Waals surface area contributed by atoms with Crippen molar-refractivity contribution in [3.05, 3.63) is 28.8 Å². The van der Waals surface area contributed by atoms with Crippen molar-refractivity contribution in [1.29, 1.82) is 0 Å². The Bertz CT molecular complexity index is 361. The Balaban J connectivity index is 2.62. The molecule has 0 fully saturated rings. The number of halogens is 1. The maximum atomic E-state index is 6.11. The van der Waals surface area contributed by atoms with Crippen LogP contribution in [0.3, 0.4) is 0 Å². The lowest BCUT2D eigenvalue weighted by Crippen LogP contribution is -2.35. The Morgan fingerprint density at radius 3 is 2.53 bits per heavy atom. The third-order valence-corrected chi connectivity index (χ3v) is 2.45. The highest BCUT2D eigenvalue weighted by Crippen LogP contribution is 2.25. The van der Waals surface area contributed by atoms with Crippen molar-refractivity contribution >= 4 is 11.6 Å². The molecular weight excluding hydrogens is 238 g/mol. The number of hydrogen-bond acceptors (Lipinski definition) is 3. The third kappa shape index (κ3) is 5.39. The van der Waals surface area contributed by atoms with Crippen LogP contribution in [0.25, 0.3) is 0 Å². The van der Waals surface area contributed by atoms with Gasteiger partial charge in [0.1, 0.15) is 5.75 Å². The van der Waals surface area contributed by atoms with Crippen molar-refractivity contribution in [2.24, 2.45) is 0 Å². The first kappa shape index (κ1) is 14.3. The molecule has 0 bridgehead atoms. The third-order valence-electron chi connectivity index (χ3n) is 2.15. The average Bonchev–Trinajstić information content (AvgIpc) is 2.24. The van der Waals surface area contributed by atoms with Crippen LogP contribution in [0.4, 0.5) is 0 Å². The smallest absolute Gasteiger partial charge is 0.188 e. The first-order valence-corrected chi connectivity index (χ1v) is 5.95. The summed E-state index contributed by atoms with van der Waals surface area (Å²) in [6.45, 7) is 7.38. The first-order chi connectivity index (χ1) is 7.92. The van der Waals surface area contributed by atoms with Gasteiger partial charge in [-0.05, 0) is 38.5 Å². The lowest BCUT2D eigenvalue weighted by atomic mass is 10.1. The number of rotatable bonds is 5. The predicted octanol–water partition coefficient (Wildman–Crippen LogP) is 3.21. The maximum Gasteiger partial charge on any atom is 0.188 e. The lowest BCUT2D eigenvalue weighted by Gasteiger charge is -2.20. The van der Waals surface area contributed by atoms with E-state index in [1.807, 2.05) is 18.2 Å². The second-order valence-corrected chi connectivity index (χ2v) is 5.33. The standard InChI is InChI=1S/C13H20ClNO2/c1-13(2,3)15-8-10-5-6-12(11(14)7-10)17-9-16-4/h5-7,15H,8-9H2,1-4H3. The van der Waals surface area contributed by atoms with Crippen LogP contribution in [0, 0.1) is 0 Å². The number of benzene rings is 1. The zero-order chi connectivity index (χ0) is 12.9. The van der Waals surface area contributed by atoms with E-state index in [9.17, 15) is 0 Å². The van der Waals surface area contributed by atoms with E-state index in [2.05, 4.69) is 26.1 Å². The fourth-order valence-corrected chi connectivity index (χ4v) is 1.52. The van der Waals surface area contributed by atoms with Gasteiger partial charge >= 0.3 is 0 Å². The van der Waals surface area contributed by atoms with Crippen molar-refractivity contribution in [2.75, 3.05) is 13.9 Å². The molecular formula is C13H20ClNO2. The zero-order valence-electron chi connectivity index (χ0n) is 10.8. The van der Waals surface area contributed by atoms with Crippen molar-refractivity contribution in [2.45, 2.75) is 32.9 Å². The molecule has 0 aromatic heterocycles. The van der Waals surface area contributed by atoms with Crippen LogP contribution in [-0.2, 0) is 11.3 Å². The molecule has 1 N–H and O–H groups in total. The summed E-state index contributed by atoms with van der Waals surface area (Å²) < 4.78 is 10.1. The van der Waals surface area contributed by atoms with Gasteiger partial charge in [0.2, 0.25) is 0 Å². The lowest BCUT2D eigenvalue weighted by molar-refractivity contribution is 0.0512. The minimum absolute atomic E-state index is 0.0949. The molecule has 0 amide bonds. The van der Waals surface area contributed by atoms with E-state index in [-0.39, 0.29) is 12.3 Å². The van der Waals surface area contributed by atoms with E-state index in [4.69, 9.17) is 21.1 Å². The Morgan fingerprint density at radius 1 is 1.29 bits per heavy atom. The number of methoxy groups -OCH3 is 1. The van der Waals surface area contributed by atoms with Crippen molar-refractivity contribution in [1.82, 2.24) is 5.32 Å². The molecule has 0 unspecified atom stereocenters. The first-order valence-electron chi connectivity index (χ1n) is 5.57. The normalized spacial score (nSPS) is 11.6. The molecule has 0 atom stereocenters.